The maximum absolute atomic E-state index is 9.20. The molecule has 0 aliphatic heterocycles. The van der Waals surface area contributed by atoms with E-state index in [4.69, 9.17) is 20.4 Å². The van der Waals surface area contributed by atoms with Gasteiger partial charge in [0.2, 0.25) is 0 Å². The molecule has 12 heavy (non-hydrogen) atoms. The molecule has 6 nitrogen and oxygen atoms in total. The minimum atomic E-state index is -1.29. The first-order valence-corrected chi connectivity index (χ1v) is 3.33. The van der Waals surface area contributed by atoms with Crippen LogP contribution in [0.3, 0.4) is 0 Å². The minimum absolute atomic E-state index is 0.0362. The molecule has 0 aliphatic rings. The quantitative estimate of drug-likeness (QED) is 0.450. The Morgan fingerprint density at radius 2 is 2.25 bits per heavy atom. The van der Waals surface area contributed by atoms with Gasteiger partial charge in [0, 0.05) is 0 Å². The maximum atomic E-state index is 9.20. The van der Waals surface area contributed by atoms with Crippen LogP contribution in [0, 0.1) is 0 Å². The Hall–Kier alpha value is -1.11. The van der Waals surface area contributed by atoms with E-state index in [-0.39, 0.29) is 11.8 Å². The second kappa shape index (κ2) is 3.53. The van der Waals surface area contributed by atoms with Crippen LogP contribution in [0.25, 0.3) is 0 Å². The summed E-state index contributed by atoms with van der Waals surface area (Å²) in [5, 5.41) is 26.6. The zero-order valence-corrected chi connectivity index (χ0v) is 6.21. The highest BCUT2D eigenvalue weighted by Crippen LogP contribution is 2.18. The molecule has 0 aliphatic carbocycles. The van der Waals surface area contributed by atoms with E-state index in [1.165, 1.54) is 6.20 Å². The average molecular weight is 174 g/mol. The van der Waals surface area contributed by atoms with E-state index in [0.29, 0.717) is 0 Å². The van der Waals surface area contributed by atoms with Gasteiger partial charge in [-0.2, -0.15) is 0 Å². The lowest BCUT2D eigenvalue weighted by atomic mass is 10.2. The molecule has 68 valence electrons. The summed E-state index contributed by atoms with van der Waals surface area (Å²) in [6, 6.07) is -0.0887. The summed E-state index contributed by atoms with van der Waals surface area (Å²) in [5.41, 5.74) is 5.12. The molecule has 0 unspecified atom stereocenters. The predicted octanol–water partition coefficient (Wildman–Crippen LogP) is -1.36. The lowest BCUT2D eigenvalue weighted by Crippen LogP contribution is -2.21. The molecule has 2 atom stereocenters. The van der Waals surface area contributed by atoms with Crippen molar-refractivity contribution in [1.29, 1.82) is 0 Å². The Labute approximate surface area is 68.3 Å². The van der Waals surface area contributed by atoms with Gasteiger partial charge in [0.25, 0.3) is 6.01 Å². The van der Waals surface area contributed by atoms with Gasteiger partial charge in [-0.15, -0.1) is 0 Å². The summed E-state index contributed by atoms with van der Waals surface area (Å²) in [6.07, 6.45) is -1.38. The van der Waals surface area contributed by atoms with Crippen molar-refractivity contribution in [3.8, 4) is 0 Å². The number of nitrogens with two attached hydrogens (primary N) is 1. The molecule has 0 fully saturated rings. The van der Waals surface area contributed by atoms with Crippen LogP contribution in [0.5, 0.6) is 0 Å². The average Bonchev–Trinajstić information content (AvgIpc) is 2.49. The molecular formula is C6H10N2O4. The lowest BCUT2D eigenvalue weighted by molar-refractivity contribution is -0.0248. The molecule has 0 aromatic carbocycles. The van der Waals surface area contributed by atoms with Crippen molar-refractivity contribution in [2.45, 2.75) is 12.2 Å². The van der Waals surface area contributed by atoms with Gasteiger partial charge in [-0.1, -0.05) is 0 Å². The zero-order valence-electron chi connectivity index (χ0n) is 6.21. The molecule has 0 radical (unpaired) electrons. The summed E-state index contributed by atoms with van der Waals surface area (Å²) < 4.78 is 4.71. The van der Waals surface area contributed by atoms with E-state index in [9.17, 15) is 5.11 Å². The van der Waals surface area contributed by atoms with Crippen LogP contribution in [-0.2, 0) is 0 Å². The number of aliphatic hydroxyl groups excluding tert-OH is 3. The number of nitrogen functional groups attached to an aromatic ring is 1. The Bertz CT molecular complexity index is 249. The minimum Gasteiger partial charge on any atom is -0.426 e. The molecule has 0 bridgehead atoms. The fourth-order valence-corrected chi connectivity index (χ4v) is 0.727. The number of anilines is 1. The van der Waals surface area contributed by atoms with Crippen LogP contribution in [0.4, 0.5) is 6.01 Å². The summed E-state index contributed by atoms with van der Waals surface area (Å²) in [5.74, 6) is 0.0362. The van der Waals surface area contributed by atoms with E-state index in [0.717, 1.165) is 0 Å². The van der Waals surface area contributed by atoms with E-state index < -0.39 is 18.8 Å². The smallest absolute Gasteiger partial charge is 0.292 e. The van der Waals surface area contributed by atoms with Crippen molar-refractivity contribution in [2.75, 3.05) is 12.3 Å². The first-order chi connectivity index (χ1) is 5.65. The third kappa shape index (κ3) is 1.73. The van der Waals surface area contributed by atoms with Crippen molar-refractivity contribution in [2.24, 2.45) is 0 Å². The monoisotopic (exact) mass is 174 g/mol. The van der Waals surface area contributed by atoms with Crippen molar-refractivity contribution in [3.05, 3.63) is 12.0 Å². The lowest BCUT2D eigenvalue weighted by Gasteiger charge is -2.11. The number of hydrogen-bond acceptors (Lipinski definition) is 6. The first-order valence-electron chi connectivity index (χ1n) is 3.33. The molecule has 1 rings (SSSR count). The van der Waals surface area contributed by atoms with E-state index >= 15 is 0 Å². The third-order valence-corrected chi connectivity index (χ3v) is 1.38. The van der Waals surface area contributed by atoms with Crippen LogP contribution >= 0.6 is 0 Å². The van der Waals surface area contributed by atoms with Gasteiger partial charge >= 0.3 is 0 Å². The highest BCUT2D eigenvalue weighted by atomic mass is 16.4. The first kappa shape index (κ1) is 8.98. The molecule has 6 heteroatoms. The Morgan fingerprint density at radius 3 is 2.67 bits per heavy atom. The highest BCUT2D eigenvalue weighted by Gasteiger charge is 2.20. The second-order valence-electron chi connectivity index (χ2n) is 2.30. The van der Waals surface area contributed by atoms with Crippen molar-refractivity contribution >= 4 is 6.01 Å². The number of nitrogens with zero attached hydrogens (tertiary/aromatic N) is 1. The number of aliphatic hydroxyl groups is 3. The summed E-state index contributed by atoms with van der Waals surface area (Å²) >= 11 is 0. The fourth-order valence-electron chi connectivity index (χ4n) is 0.727. The topological polar surface area (TPSA) is 113 Å². The van der Waals surface area contributed by atoms with Gasteiger partial charge in [-0.05, 0) is 0 Å². The van der Waals surface area contributed by atoms with Crippen LogP contribution in [0.15, 0.2) is 10.6 Å². The number of rotatable bonds is 3. The van der Waals surface area contributed by atoms with Crippen LogP contribution in [-0.4, -0.2) is 33.0 Å². The molecule has 5 N–H and O–H groups in total. The van der Waals surface area contributed by atoms with E-state index in [2.05, 4.69) is 4.98 Å². The summed E-state index contributed by atoms with van der Waals surface area (Å²) in [4.78, 5) is 3.51. The van der Waals surface area contributed by atoms with Gasteiger partial charge < -0.3 is 25.5 Å². The largest absolute Gasteiger partial charge is 0.426 e. The Kier molecular flexibility index (Phi) is 2.64. The zero-order chi connectivity index (χ0) is 9.14. The van der Waals surface area contributed by atoms with Crippen molar-refractivity contribution < 1.29 is 19.7 Å². The maximum Gasteiger partial charge on any atom is 0.292 e. The van der Waals surface area contributed by atoms with Gasteiger partial charge in [-0.3, -0.25) is 0 Å². The predicted molar refractivity (Wildman–Crippen MR) is 39.0 cm³/mol. The fraction of sp³-hybridized carbons (Fsp3) is 0.500. The molecular weight excluding hydrogens is 164 g/mol. The summed E-state index contributed by atoms with van der Waals surface area (Å²) in [6.45, 7) is -0.554. The van der Waals surface area contributed by atoms with Gasteiger partial charge in [-0.25, -0.2) is 4.98 Å². The molecule has 0 spiro atoms. The van der Waals surface area contributed by atoms with Crippen molar-refractivity contribution in [1.82, 2.24) is 4.98 Å². The van der Waals surface area contributed by atoms with Gasteiger partial charge in [0.05, 0.1) is 12.8 Å². The Balaban J connectivity index is 2.70. The normalized spacial score (nSPS) is 15.9. The number of oxazole rings is 1. The van der Waals surface area contributed by atoms with Crippen LogP contribution in [0.1, 0.15) is 11.9 Å². The van der Waals surface area contributed by atoms with Crippen molar-refractivity contribution in [3.63, 3.8) is 0 Å². The number of hydrogen-bond donors (Lipinski definition) is 4. The second-order valence-corrected chi connectivity index (χ2v) is 2.30. The SMILES string of the molecule is Nc1ncc([C@H](O)[C@H](O)CO)o1. The molecule has 0 saturated heterocycles. The van der Waals surface area contributed by atoms with E-state index in [1.807, 2.05) is 0 Å². The highest BCUT2D eigenvalue weighted by molar-refractivity contribution is 5.12. The molecule has 0 amide bonds. The summed E-state index contributed by atoms with van der Waals surface area (Å²) in [7, 11) is 0. The van der Waals surface area contributed by atoms with E-state index in [1.54, 1.807) is 0 Å². The van der Waals surface area contributed by atoms with Gasteiger partial charge in [0.15, 0.2) is 5.76 Å². The number of aromatic nitrogens is 1. The molecule has 1 heterocycles. The molecule has 1 aromatic rings. The van der Waals surface area contributed by atoms with Gasteiger partial charge in [0.1, 0.15) is 12.2 Å². The molecule has 0 saturated carbocycles. The molecule has 1 aromatic heterocycles. The third-order valence-electron chi connectivity index (χ3n) is 1.38. The standard InChI is InChI=1S/C6H10N2O4/c7-6-8-1-4(12-6)5(11)3(10)2-9/h1,3,5,9-11H,2H2,(H2,7,8)/t3-,5-/m1/s1. The Morgan fingerprint density at radius 1 is 1.58 bits per heavy atom. The van der Waals surface area contributed by atoms with Crippen LogP contribution < -0.4 is 5.73 Å². The van der Waals surface area contributed by atoms with Crippen LogP contribution in [0.2, 0.25) is 0 Å².